The number of nitrogens with zero attached hydrogens (tertiary/aromatic N) is 2. The van der Waals surface area contributed by atoms with Crippen molar-refractivity contribution < 1.29 is 4.39 Å². The predicted octanol–water partition coefficient (Wildman–Crippen LogP) is 3.61. The first kappa shape index (κ1) is 15.3. The molecule has 2 aromatic rings. The van der Waals surface area contributed by atoms with E-state index in [0.29, 0.717) is 17.7 Å². The molecule has 0 bridgehead atoms. The van der Waals surface area contributed by atoms with Crippen molar-refractivity contribution in [2.75, 3.05) is 6.54 Å². The summed E-state index contributed by atoms with van der Waals surface area (Å²) in [6.07, 6.45) is 3.02. The van der Waals surface area contributed by atoms with Crippen molar-refractivity contribution in [1.29, 1.82) is 5.26 Å². The molecular formula is C17H20FN3. The fourth-order valence-corrected chi connectivity index (χ4v) is 2.38. The van der Waals surface area contributed by atoms with Crippen LogP contribution >= 0.6 is 0 Å². The molecule has 3 nitrogen and oxygen atoms in total. The number of aromatic nitrogens is 1. The minimum atomic E-state index is -0.275. The van der Waals surface area contributed by atoms with Crippen LogP contribution in [0.2, 0.25) is 0 Å². The minimum absolute atomic E-state index is 0.210. The van der Waals surface area contributed by atoms with Gasteiger partial charge < -0.3 is 9.88 Å². The lowest BCUT2D eigenvalue weighted by Crippen LogP contribution is -2.22. The quantitative estimate of drug-likeness (QED) is 0.881. The summed E-state index contributed by atoms with van der Waals surface area (Å²) in [5.41, 5.74) is 2.14. The first-order valence-corrected chi connectivity index (χ1v) is 7.22. The van der Waals surface area contributed by atoms with Crippen LogP contribution in [0.3, 0.4) is 0 Å². The Hall–Kier alpha value is -2.12. The zero-order valence-electron chi connectivity index (χ0n) is 12.4. The second-order valence-corrected chi connectivity index (χ2v) is 5.15. The zero-order valence-corrected chi connectivity index (χ0v) is 12.4. The summed E-state index contributed by atoms with van der Waals surface area (Å²) in [6.45, 7) is 5.61. The van der Waals surface area contributed by atoms with Gasteiger partial charge in [0.25, 0.3) is 0 Å². The van der Waals surface area contributed by atoms with Crippen LogP contribution < -0.4 is 5.32 Å². The number of nitrogens with one attached hydrogen (secondary N) is 1. The molecule has 0 aliphatic carbocycles. The average molecular weight is 285 g/mol. The maximum absolute atomic E-state index is 13.9. The molecule has 0 radical (unpaired) electrons. The van der Waals surface area contributed by atoms with Gasteiger partial charge in [-0.15, -0.1) is 0 Å². The van der Waals surface area contributed by atoms with Gasteiger partial charge in [-0.1, -0.05) is 6.92 Å². The van der Waals surface area contributed by atoms with E-state index < -0.39 is 0 Å². The van der Waals surface area contributed by atoms with Crippen LogP contribution in [0, 0.1) is 17.1 Å². The Kier molecular flexibility index (Phi) is 5.13. The van der Waals surface area contributed by atoms with Gasteiger partial charge in [0.2, 0.25) is 0 Å². The maximum Gasteiger partial charge on any atom is 0.128 e. The molecule has 1 atom stereocenters. The molecule has 1 heterocycles. The summed E-state index contributed by atoms with van der Waals surface area (Å²) in [5.74, 6) is -0.275. The van der Waals surface area contributed by atoms with Crippen molar-refractivity contribution in [3.05, 3.63) is 59.2 Å². The van der Waals surface area contributed by atoms with Crippen LogP contribution in [0.1, 0.15) is 43.1 Å². The Labute approximate surface area is 125 Å². The topological polar surface area (TPSA) is 40.8 Å². The van der Waals surface area contributed by atoms with Crippen molar-refractivity contribution in [3.8, 4) is 6.07 Å². The molecule has 1 N–H and O–H groups in total. The van der Waals surface area contributed by atoms with Gasteiger partial charge in [0.1, 0.15) is 5.82 Å². The normalized spacial score (nSPS) is 12.1. The lowest BCUT2D eigenvalue weighted by Gasteiger charge is -2.17. The van der Waals surface area contributed by atoms with Crippen molar-refractivity contribution in [2.45, 2.75) is 32.9 Å². The van der Waals surface area contributed by atoms with Crippen LogP contribution in [0.4, 0.5) is 4.39 Å². The average Bonchev–Trinajstić information content (AvgIpc) is 2.95. The molecule has 1 aromatic heterocycles. The third-order valence-corrected chi connectivity index (χ3v) is 3.52. The molecule has 1 aromatic carbocycles. The largest absolute Gasteiger partial charge is 0.345 e. The molecule has 0 aliphatic heterocycles. The number of hydrogen-bond donors (Lipinski definition) is 1. The molecule has 2 rings (SSSR count). The molecule has 0 fully saturated rings. The van der Waals surface area contributed by atoms with E-state index in [1.807, 2.05) is 22.9 Å². The highest BCUT2D eigenvalue weighted by Gasteiger charge is 2.11. The summed E-state index contributed by atoms with van der Waals surface area (Å²) in [6, 6.07) is 10.7. The molecule has 0 spiro atoms. The molecule has 110 valence electrons. The Morgan fingerprint density at radius 1 is 1.38 bits per heavy atom. The van der Waals surface area contributed by atoms with Crippen LogP contribution in [0.15, 0.2) is 36.5 Å². The van der Waals surface area contributed by atoms with Crippen LogP contribution in [-0.4, -0.2) is 11.1 Å². The Bertz CT molecular complexity index is 640. The Morgan fingerprint density at radius 2 is 2.19 bits per heavy atom. The van der Waals surface area contributed by atoms with Gasteiger partial charge >= 0.3 is 0 Å². The minimum Gasteiger partial charge on any atom is -0.345 e. The second-order valence-electron chi connectivity index (χ2n) is 5.15. The predicted molar refractivity (Wildman–Crippen MR) is 81.4 cm³/mol. The molecule has 0 aliphatic rings. The molecule has 0 saturated carbocycles. The van der Waals surface area contributed by atoms with Crippen molar-refractivity contribution in [2.24, 2.45) is 0 Å². The Morgan fingerprint density at radius 3 is 2.90 bits per heavy atom. The molecule has 21 heavy (non-hydrogen) atoms. The van der Waals surface area contributed by atoms with Crippen molar-refractivity contribution in [1.82, 2.24) is 9.88 Å². The zero-order chi connectivity index (χ0) is 15.2. The van der Waals surface area contributed by atoms with Gasteiger partial charge in [0, 0.05) is 23.5 Å². The number of nitriles is 1. The van der Waals surface area contributed by atoms with Crippen LogP contribution in [-0.2, 0) is 6.54 Å². The summed E-state index contributed by atoms with van der Waals surface area (Å²) in [4.78, 5) is 0. The van der Waals surface area contributed by atoms with E-state index in [1.54, 1.807) is 6.07 Å². The number of hydrogen-bond acceptors (Lipinski definition) is 2. The van der Waals surface area contributed by atoms with Gasteiger partial charge in [0.15, 0.2) is 0 Å². The first-order valence-electron chi connectivity index (χ1n) is 7.22. The fourth-order valence-electron chi connectivity index (χ4n) is 2.38. The molecule has 0 saturated heterocycles. The lowest BCUT2D eigenvalue weighted by molar-refractivity contribution is 0.528. The van der Waals surface area contributed by atoms with E-state index in [9.17, 15) is 4.39 Å². The smallest absolute Gasteiger partial charge is 0.128 e. The lowest BCUT2D eigenvalue weighted by atomic mass is 10.1. The van der Waals surface area contributed by atoms with Gasteiger partial charge in [-0.05, 0) is 50.2 Å². The van der Waals surface area contributed by atoms with E-state index in [4.69, 9.17) is 5.26 Å². The third kappa shape index (κ3) is 3.71. The SMILES string of the molecule is CCCNC(C)c1cccn1Cc1cc(C#N)ccc1F. The monoisotopic (exact) mass is 285 g/mol. The van der Waals surface area contributed by atoms with Gasteiger partial charge in [-0.2, -0.15) is 5.26 Å². The summed E-state index contributed by atoms with van der Waals surface area (Å²) >= 11 is 0. The van der Waals surface area contributed by atoms with Gasteiger partial charge in [-0.25, -0.2) is 4.39 Å². The van der Waals surface area contributed by atoms with Crippen LogP contribution in [0.5, 0.6) is 0 Å². The number of halogens is 1. The van der Waals surface area contributed by atoms with Crippen molar-refractivity contribution in [3.63, 3.8) is 0 Å². The molecular weight excluding hydrogens is 265 g/mol. The number of benzene rings is 1. The van der Waals surface area contributed by atoms with E-state index >= 15 is 0 Å². The van der Waals surface area contributed by atoms with Crippen molar-refractivity contribution >= 4 is 0 Å². The van der Waals surface area contributed by atoms with E-state index in [1.165, 1.54) is 12.1 Å². The van der Waals surface area contributed by atoms with E-state index in [2.05, 4.69) is 25.2 Å². The van der Waals surface area contributed by atoms with Gasteiger partial charge in [-0.3, -0.25) is 0 Å². The van der Waals surface area contributed by atoms with Gasteiger partial charge in [0.05, 0.1) is 18.2 Å². The highest BCUT2D eigenvalue weighted by Crippen LogP contribution is 2.18. The summed E-state index contributed by atoms with van der Waals surface area (Å²) in [7, 11) is 0. The molecule has 4 heteroatoms. The number of rotatable bonds is 6. The van der Waals surface area contributed by atoms with Crippen LogP contribution in [0.25, 0.3) is 0 Å². The van der Waals surface area contributed by atoms with E-state index in [0.717, 1.165) is 18.7 Å². The maximum atomic E-state index is 13.9. The third-order valence-electron chi connectivity index (χ3n) is 3.52. The molecule has 0 amide bonds. The fraction of sp³-hybridized carbons (Fsp3) is 0.353. The molecule has 1 unspecified atom stereocenters. The Balaban J connectivity index is 2.21. The first-order chi connectivity index (χ1) is 10.2. The van der Waals surface area contributed by atoms with E-state index in [-0.39, 0.29) is 11.9 Å². The summed E-state index contributed by atoms with van der Waals surface area (Å²) < 4.78 is 15.9. The summed E-state index contributed by atoms with van der Waals surface area (Å²) in [5, 5.41) is 12.4. The highest BCUT2D eigenvalue weighted by molar-refractivity contribution is 5.34. The standard InChI is InChI=1S/C17H20FN3/c1-3-8-20-13(2)17-5-4-9-21(17)12-15-10-14(11-19)6-7-16(15)18/h4-7,9-10,13,20H,3,8,12H2,1-2H3. The second kappa shape index (κ2) is 7.05. The highest BCUT2D eigenvalue weighted by atomic mass is 19.1.